The van der Waals surface area contributed by atoms with E-state index in [2.05, 4.69) is 4.90 Å². The maximum Gasteiger partial charge on any atom is 0.193 e. The van der Waals surface area contributed by atoms with Gasteiger partial charge in [-0.25, -0.2) is 4.39 Å². The zero-order valence-corrected chi connectivity index (χ0v) is 19.0. The molecule has 1 fully saturated rings. The molecule has 172 valence electrons. The summed E-state index contributed by atoms with van der Waals surface area (Å²) in [4.78, 5) is 16.1. The zero-order valence-electron chi connectivity index (χ0n) is 18.2. The lowest BCUT2D eigenvalue weighted by Gasteiger charge is -2.34. The molecule has 1 heterocycles. The first-order valence-electron chi connectivity index (χ1n) is 11.0. The topological polar surface area (TPSA) is 54.2 Å². The first-order chi connectivity index (χ1) is 16.0. The van der Waals surface area contributed by atoms with Crippen LogP contribution in [-0.2, 0) is 0 Å². The van der Waals surface area contributed by atoms with Gasteiger partial charge >= 0.3 is 0 Å². The Hall–Kier alpha value is -2.93. The van der Waals surface area contributed by atoms with Gasteiger partial charge in [-0.05, 0) is 72.8 Å². The number of anilines is 1. The van der Waals surface area contributed by atoms with Crippen LogP contribution in [0, 0.1) is 5.82 Å². The maximum atomic E-state index is 13.1. The lowest BCUT2D eigenvalue weighted by molar-refractivity contribution is -0.903. The third kappa shape index (κ3) is 6.32. The Morgan fingerprint density at radius 1 is 0.970 bits per heavy atom. The largest absolute Gasteiger partial charge is 0.491 e. The molecule has 0 aromatic heterocycles. The van der Waals surface area contributed by atoms with Crippen LogP contribution in [0.1, 0.15) is 15.9 Å². The van der Waals surface area contributed by atoms with Crippen molar-refractivity contribution >= 4 is 23.1 Å². The van der Waals surface area contributed by atoms with E-state index in [1.807, 2.05) is 0 Å². The van der Waals surface area contributed by atoms with E-state index in [1.165, 1.54) is 17.0 Å². The molecule has 3 aromatic rings. The quantitative estimate of drug-likeness (QED) is 0.498. The smallest absolute Gasteiger partial charge is 0.193 e. The number of hydrogen-bond donors (Lipinski definition) is 2. The molecule has 1 aliphatic rings. The normalized spacial score (nSPS) is 15.3. The fraction of sp³-hybridized carbons (Fsp3) is 0.269. The molecule has 0 bridgehead atoms. The summed E-state index contributed by atoms with van der Waals surface area (Å²) < 4.78 is 18.8. The van der Waals surface area contributed by atoms with Gasteiger partial charge in [0.2, 0.25) is 0 Å². The van der Waals surface area contributed by atoms with E-state index in [0.29, 0.717) is 28.4 Å². The SMILES string of the molecule is O=C(c1ccc(Cl)cc1)c1ccc(OC[C@H](O)C[NH+]2CCN(c3ccc(F)cc3)CC2)cc1. The average molecular weight is 470 g/mol. The second-order valence-electron chi connectivity index (χ2n) is 8.24. The number of benzene rings is 3. The van der Waals surface area contributed by atoms with Crippen LogP contribution < -0.4 is 14.5 Å². The number of ketones is 1. The summed E-state index contributed by atoms with van der Waals surface area (Å²) >= 11 is 5.88. The molecule has 0 amide bonds. The Balaban J connectivity index is 1.21. The monoisotopic (exact) mass is 469 g/mol. The minimum atomic E-state index is -0.590. The van der Waals surface area contributed by atoms with Crippen LogP contribution in [0.15, 0.2) is 72.8 Å². The van der Waals surface area contributed by atoms with Gasteiger partial charge in [-0.15, -0.1) is 0 Å². The molecular formula is C26H27ClFN2O3+. The van der Waals surface area contributed by atoms with E-state index in [1.54, 1.807) is 60.7 Å². The Bertz CT molecular complexity index is 1050. The molecular weight excluding hydrogens is 443 g/mol. The van der Waals surface area contributed by atoms with Crippen molar-refractivity contribution in [2.45, 2.75) is 6.10 Å². The first kappa shape index (κ1) is 23.2. The van der Waals surface area contributed by atoms with Crippen LogP contribution in [0.3, 0.4) is 0 Å². The van der Waals surface area contributed by atoms with E-state index in [-0.39, 0.29) is 18.2 Å². The molecule has 1 aliphatic heterocycles. The molecule has 4 rings (SSSR count). The summed E-state index contributed by atoms with van der Waals surface area (Å²) in [5.74, 6) is 0.299. The van der Waals surface area contributed by atoms with Crippen molar-refractivity contribution in [2.75, 3.05) is 44.2 Å². The number of nitrogens with zero attached hydrogens (tertiary/aromatic N) is 1. The Kier molecular flexibility index (Phi) is 7.60. The Labute approximate surface area is 198 Å². The number of aliphatic hydroxyl groups excluding tert-OH is 1. The molecule has 5 nitrogen and oxygen atoms in total. The lowest BCUT2D eigenvalue weighted by Crippen LogP contribution is -3.16. The molecule has 1 atom stereocenters. The number of ether oxygens (including phenoxy) is 1. The van der Waals surface area contributed by atoms with Gasteiger partial charge < -0.3 is 19.6 Å². The Morgan fingerprint density at radius 2 is 1.55 bits per heavy atom. The molecule has 3 aromatic carbocycles. The summed E-state index contributed by atoms with van der Waals surface area (Å²) in [7, 11) is 0. The standard InChI is InChI=1S/C26H26ClFN2O3/c27-21-5-1-19(2-6-21)26(32)20-3-11-25(12-4-20)33-18-24(31)17-29-13-15-30(16-14-29)23-9-7-22(28)8-10-23/h1-12,24,31H,13-18H2/p+1/t24-/m1/s1. The van der Waals surface area contributed by atoms with Crippen LogP contribution in [0.5, 0.6) is 5.75 Å². The van der Waals surface area contributed by atoms with Crippen molar-refractivity contribution < 1.29 is 23.9 Å². The second-order valence-corrected chi connectivity index (χ2v) is 8.68. The molecule has 2 N–H and O–H groups in total. The van der Waals surface area contributed by atoms with Crippen molar-refractivity contribution in [1.82, 2.24) is 0 Å². The number of halogens is 2. The maximum absolute atomic E-state index is 13.1. The van der Waals surface area contributed by atoms with E-state index in [4.69, 9.17) is 16.3 Å². The minimum Gasteiger partial charge on any atom is -0.491 e. The van der Waals surface area contributed by atoms with Crippen LogP contribution in [0.2, 0.25) is 5.02 Å². The molecule has 1 saturated heterocycles. The average Bonchev–Trinajstić information content (AvgIpc) is 2.84. The summed E-state index contributed by atoms with van der Waals surface area (Å²) in [5.41, 5.74) is 2.16. The minimum absolute atomic E-state index is 0.0818. The molecule has 7 heteroatoms. The van der Waals surface area contributed by atoms with Gasteiger partial charge in [0, 0.05) is 21.8 Å². The van der Waals surface area contributed by atoms with E-state index < -0.39 is 6.10 Å². The van der Waals surface area contributed by atoms with E-state index >= 15 is 0 Å². The second kappa shape index (κ2) is 10.8. The van der Waals surface area contributed by atoms with Gasteiger partial charge in [0.05, 0.1) is 26.2 Å². The zero-order chi connectivity index (χ0) is 23.2. The van der Waals surface area contributed by atoms with Crippen molar-refractivity contribution in [3.05, 3.63) is 94.8 Å². The van der Waals surface area contributed by atoms with E-state index in [9.17, 15) is 14.3 Å². The number of hydrogen-bond acceptors (Lipinski definition) is 4. The van der Waals surface area contributed by atoms with Gasteiger partial charge in [-0.2, -0.15) is 0 Å². The predicted molar refractivity (Wildman–Crippen MR) is 127 cm³/mol. The van der Waals surface area contributed by atoms with Gasteiger partial charge in [-0.1, -0.05) is 11.6 Å². The predicted octanol–water partition coefficient (Wildman–Crippen LogP) is 2.85. The Morgan fingerprint density at radius 3 is 2.15 bits per heavy atom. The summed E-state index contributed by atoms with van der Waals surface area (Å²) in [6.07, 6.45) is -0.590. The first-order valence-corrected chi connectivity index (χ1v) is 11.4. The third-order valence-corrected chi connectivity index (χ3v) is 6.10. The van der Waals surface area contributed by atoms with Crippen LogP contribution in [-0.4, -0.2) is 56.3 Å². The summed E-state index contributed by atoms with van der Waals surface area (Å²) in [6.45, 7) is 4.31. The van der Waals surface area contributed by atoms with Crippen molar-refractivity contribution in [3.63, 3.8) is 0 Å². The summed E-state index contributed by atoms with van der Waals surface area (Å²) in [5, 5.41) is 11.0. The number of piperazine rings is 1. The molecule has 0 spiro atoms. The van der Waals surface area contributed by atoms with Crippen molar-refractivity contribution in [1.29, 1.82) is 0 Å². The fourth-order valence-electron chi connectivity index (χ4n) is 3.99. The fourth-order valence-corrected chi connectivity index (χ4v) is 4.12. The number of carbonyl (C=O) groups is 1. The number of carbonyl (C=O) groups excluding carboxylic acids is 1. The highest BCUT2D eigenvalue weighted by Crippen LogP contribution is 2.18. The highest BCUT2D eigenvalue weighted by molar-refractivity contribution is 6.30. The highest BCUT2D eigenvalue weighted by atomic mass is 35.5. The molecule has 0 unspecified atom stereocenters. The number of aliphatic hydroxyl groups is 1. The molecule has 0 aliphatic carbocycles. The van der Waals surface area contributed by atoms with Gasteiger partial charge in [-0.3, -0.25) is 4.79 Å². The van der Waals surface area contributed by atoms with Crippen molar-refractivity contribution in [3.8, 4) is 5.75 Å². The van der Waals surface area contributed by atoms with Gasteiger partial charge in [0.15, 0.2) is 5.78 Å². The number of rotatable bonds is 8. The highest BCUT2D eigenvalue weighted by Gasteiger charge is 2.23. The van der Waals surface area contributed by atoms with E-state index in [0.717, 1.165) is 31.9 Å². The van der Waals surface area contributed by atoms with Crippen molar-refractivity contribution in [2.24, 2.45) is 0 Å². The summed E-state index contributed by atoms with van der Waals surface area (Å²) in [6, 6.07) is 20.3. The molecule has 0 saturated carbocycles. The third-order valence-electron chi connectivity index (χ3n) is 5.85. The van der Waals surface area contributed by atoms with Gasteiger partial charge in [0.1, 0.15) is 30.8 Å². The number of nitrogens with one attached hydrogen (secondary N) is 1. The van der Waals surface area contributed by atoms with Gasteiger partial charge in [0.25, 0.3) is 0 Å². The molecule has 0 radical (unpaired) electrons. The van der Waals surface area contributed by atoms with Crippen LogP contribution >= 0.6 is 11.6 Å². The van der Waals surface area contributed by atoms with Crippen LogP contribution in [0.4, 0.5) is 10.1 Å². The number of quaternary nitrogens is 1. The molecule has 33 heavy (non-hydrogen) atoms. The van der Waals surface area contributed by atoms with Crippen LogP contribution in [0.25, 0.3) is 0 Å². The lowest BCUT2D eigenvalue weighted by atomic mass is 10.0.